The summed E-state index contributed by atoms with van der Waals surface area (Å²) in [5.74, 6) is -0.493. The minimum absolute atomic E-state index is 0.0448. The number of aromatic nitrogens is 2. The van der Waals surface area contributed by atoms with Gasteiger partial charge in [-0.25, -0.2) is 4.79 Å². The van der Waals surface area contributed by atoms with E-state index in [-0.39, 0.29) is 6.61 Å². The second-order valence-electron chi connectivity index (χ2n) is 4.50. The first-order chi connectivity index (χ1) is 9.93. The first-order valence-electron chi connectivity index (χ1n) is 6.36. The van der Waals surface area contributed by atoms with Crippen LogP contribution < -0.4 is 5.73 Å². The van der Waals surface area contributed by atoms with Gasteiger partial charge >= 0.3 is 5.97 Å². The largest absolute Gasteiger partial charge is 0.456 e. The Balaban J connectivity index is 2.11. The van der Waals surface area contributed by atoms with Gasteiger partial charge in [0.1, 0.15) is 6.61 Å². The highest BCUT2D eigenvalue weighted by Crippen LogP contribution is 2.23. The number of esters is 1. The Morgan fingerprint density at radius 1 is 1.43 bits per heavy atom. The first-order valence-corrected chi connectivity index (χ1v) is 7.12. The molecule has 0 atom stereocenters. The molecule has 2 rings (SSSR count). The summed E-state index contributed by atoms with van der Waals surface area (Å²) in [6, 6.07) is 4.60. The van der Waals surface area contributed by atoms with Gasteiger partial charge in [0.25, 0.3) is 0 Å². The Labute approximate surface area is 132 Å². The molecule has 0 fully saturated rings. The molecule has 0 spiro atoms. The summed E-state index contributed by atoms with van der Waals surface area (Å²) in [6.45, 7) is 2.00. The van der Waals surface area contributed by atoms with Crippen molar-refractivity contribution >= 4 is 34.9 Å². The summed E-state index contributed by atoms with van der Waals surface area (Å²) >= 11 is 12.1. The van der Waals surface area contributed by atoms with E-state index in [0.29, 0.717) is 33.4 Å². The lowest BCUT2D eigenvalue weighted by Gasteiger charge is -2.07. The average molecular weight is 328 g/mol. The fourth-order valence-corrected chi connectivity index (χ4v) is 2.38. The molecular weight excluding hydrogens is 313 g/mol. The number of carbonyl (C=O) groups is 1. The molecule has 5 nitrogen and oxygen atoms in total. The molecule has 1 heterocycles. The lowest BCUT2D eigenvalue weighted by atomic mass is 10.2. The molecule has 0 aliphatic heterocycles. The topological polar surface area (TPSA) is 70.1 Å². The number of nitrogens with two attached hydrogens (primary N) is 1. The van der Waals surface area contributed by atoms with E-state index in [1.165, 1.54) is 6.07 Å². The van der Waals surface area contributed by atoms with E-state index in [9.17, 15) is 4.79 Å². The average Bonchev–Trinajstić information content (AvgIpc) is 2.73. The normalized spacial score (nSPS) is 10.7. The molecule has 0 saturated heterocycles. The molecule has 1 aromatic carbocycles. The molecule has 0 unspecified atom stereocenters. The first kappa shape index (κ1) is 15.7. The maximum Gasteiger partial charge on any atom is 0.338 e. The number of hydrogen-bond donors (Lipinski definition) is 1. The summed E-state index contributed by atoms with van der Waals surface area (Å²) in [7, 11) is 1.76. The number of nitrogens with zero attached hydrogens (tertiary/aromatic N) is 2. The minimum atomic E-state index is -0.493. The van der Waals surface area contributed by atoms with E-state index in [0.717, 1.165) is 5.69 Å². The van der Waals surface area contributed by atoms with Crippen LogP contribution >= 0.6 is 23.2 Å². The van der Waals surface area contributed by atoms with Crippen molar-refractivity contribution in [2.45, 2.75) is 20.0 Å². The van der Waals surface area contributed by atoms with Crippen LogP contribution in [0.3, 0.4) is 0 Å². The second kappa shape index (κ2) is 6.37. The molecule has 0 saturated carbocycles. The minimum Gasteiger partial charge on any atom is -0.456 e. The van der Waals surface area contributed by atoms with Crippen LogP contribution in [0.1, 0.15) is 28.7 Å². The SMILES string of the molecule is CCc1nn(C)c(COC(=O)c2ccc(N)c(Cl)c2)c1Cl. The number of nitrogen functional groups attached to an aromatic ring is 1. The van der Waals surface area contributed by atoms with Gasteiger partial charge < -0.3 is 10.5 Å². The fourth-order valence-electron chi connectivity index (χ4n) is 1.85. The van der Waals surface area contributed by atoms with Crippen LogP contribution in [0, 0.1) is 0 Å². The third-order valence-electron chi connectivity index (χ3n) is 3.08. The molecule has 0 aliphatic rings. The Morgan fingerprint density at radius 3 is 2.71 bits per heavy atom. The highest BCUT2D eigenvalue weighted by atomic mass is 35.5. The lowest BCUT2D eigenvalue weighted by Crippen LogP contribution is -2.08. The van der Waals surface area contributed by atoms with Crippen LogP contribution in [0.5, 0.6) is 0 Å². The van der Waals surface area contributed by atoms with Gasteiger partial charge in [0.05, 0.1) is 32.7 Å². The summed E-state index contributed by atoms with van der Waals surface area (Å²) in [6.07, 6.45) is 0.716. The molecule has 2 aromatic rings. The standard InChI is InChI=1S/C14H15Cl2N3O2/c1-3-11-13(16)12(19(2)18-11)7-21-14(20)8-4-5-10(17)9(15)6-8/h4-6H,3,7,17H2,1-2H3. The number of ether oxygens (including phenoxy) is 1. The molecule has 7 heteroatoms. The summed E-state index contributed by atoms with van der Waals surface area (Å²) < 4.78 is 6.86. The Hall–Kier alpha value is -1.72. The van der Waals surface area contributed by atoms with E-state index >= 15 is 0 Å². The lowest BCUT2D eigenvalue weighted by molar-refractivity contribution is 0.0463. The Kier molecular flexibility index (Phi) is 4.75. The number of hydrogen-bond acceptors (Lipinski definition) is 4. The van der Waals surface area contributed by atoms with Crippen molar-refractivity contribution in [3.05, 3.63) is 45.2 Å². The molecule has 0 aliphatic carbocycles. The summed E-state index contributed by atoms with van der Waals surface area (Å²) in [4.78, 5) is 12.0. The van der Waals surface area contributed by atoms with Crippen molar-refractivity contribution in [1.82, 2.24) is 9.78 Å². The van der Waals surface area contributed by atoms with Crippen molar-refractivity contribution in [2.75, 3.05) is 5.73 Å². The summed E-state index contributed by atoms with van der Waals surface area (Å²) in [5, 5.41) is 5.11. The monoisotopic (exact) mass is 327 g/mol. The zero-order chi connectivity index (χ0) is 15.6. The second-order valence-corrected chi connectivity index (χ2v) is 5.28. The molecule has 0 radical (unpaired) electrons. The quantitative estimate of drug-likeness (QED) is 0.691. The number of anilines is 1. The summed E-state index contributed by atoms with van der Waals surface area (Å²) in [5.41, 5.74) is 7.78. The van der Waals surface area contributed by atoms with Crippen LogP contribution in [-0.2, 0) is 24.8 Å². The number of carbonyl (C=O) groups excluding carboxylic acids is 1. The van der Waals surface area contributed by atoms with E-state index in [2.05, 4.69) is 5.10 Å². The highest BCUT2D eigenvalue weighted by Gasteiger charge is 2.16. The van der Waals surface area contributed by atoms with Gasteiger partial charge in [0.15, 0.2) is 0 Å². The van der Waals surface area contributed by atoms with Crippen molar-refractivity contribution in [1.29, 1.82) is 0 Å². The van der Waals surface area contributed by atoms with E-state index in [1.54, 1.807) is 23.9 Å². The van der Waals surface area contributed by atoms with Gasteiger partial charge in [-0.3, -0.25) is 4.68 Å². The van der Waals surface area contributed by atoms with Gasteiger partial charge in [-0.05, 0) is 24.6 Å². The predicted octanol–water partition coefficient (Wildman–Crippen LogP) is 3.23. The van der Waals surface area contributed by atoms with Gasteiger partial charge in [0.2, 0.25) is 0 Å². The van der Waals surface area contributed by atoms with E-state index in [1.807, 2.05) is 6.92 Å². The molecule has 112 valence electrons. The van der Waals surface area contributed by atoms with E-state index in [4.69, 9.17) is 33.7 Å². The molecule has 0 amide bonds. The molecule has 2 N–H and O–H groups in total. The van der Waals surface area contributed by atoms with Crippen molar-refractivity contribution in [3.8, 4) is 0 Å². The van der Waals surface area contributed by atoms with Crippen LogP contribution in [0.15, 0.2) is 18.2 Å². The van der Waals surface area contributed by atoms with Gasteiger partial charge in [-0.2, -0.15) is 5.10 Å². The smallest absolute Gasteiger partial charge is 0.338 e. The van der Waals surface area contributed by atoms with Crippen LogP contribution in [0.2, 0.25) is 10.0 Å². The number of aryl methyl sites for hydroxylation is 2. The van der Waals surface area contributed by atoms with Gasteiger partial charge in [0, 0.05) is 7.05 Å². The van der Waals surface area contributed by atoms with Crippen molar-refractivity contribution in [3.63, 3.8) is 0 Å². The molecule has 21 heavy (non-hydrogen) atoms. The maximum absolute atomic E-state index is 12.0. The fraction of sp³-hybridized carbons (Fsp3) is 0.286. The Bertz CT molecular complexity index is 683. The molecule has 0 bridgehead atoms. The van der Waals surface area contributed by atoms with Gasteiger partial charge in [-0.15, -0.1) is 0 Å². The van der Waals surface area contributed by atoms with Crippen LogP contribution in [0.25, 0.3) is 0 Å². The number of halogens is 2. The van der Waals surface area contributed by atoms with Crippen molar-refractivity contribution < 1.29 is 9.53 Å². The van der Waals surface area contributed by atoms with Crippen LogP contribution in [-0.4, -0.2) is 15.7 Å². The predicted molar refractivity (Wildman–Crippen MR) is 82.6 cm³/mol. The van der Waals surface area contributed by atoms with Crippen molar-refractivity contribution in [2.24, 2.45) is 7.05 Å². The molecular formula is C14H15Cl2N3O2. The number of rotatable bonds is 4. The zero-order valence-electron chi connectivity index (χ0n) is 11.7. The third kappa shape index (κ3) is 3.31. The van der Waals surface area contributed by atoms with E-state index < -0.39 is 5.97 Å². The number of benzene rings is 1. The highest BCUT2D eigenvalue weighted by molar-refractivity contribution is 6.33. The maximum atomic E-state index is 12.0. The van der Waals surface area contributed by atoms with Crippen LogP contribution in [0.4, 0.5) is 5.69 Å². The van der Waals surface area contributed by atoms with Gasteiger partial charge in [-0.1, -0.05) is 30.1 Å². The third-order valence-corrected chi connectivity index (χ3v) is 3.84. The Morgan fingerprint density at radius 2 is 2.14 bits per heavy atom. The molecule has 1 aromatic heterocycles. The zero-order valence-corrected chi connectivity index (χ0v) is 13.2.